The molecule has 0 saturated carbocycles. The Bertz CT molecular complexity index is 786. The third-order valence-electron chi connectivity index (χ3n) is 3.44. The summed E-state index contributed by atoms with van der Waals surface area (Å²) in [6.45, 7) is 6.05. The summed E-state index contributed by atoms with van der Waals surface area (Å²) in [7, 11) is 0. The molecule has 0 fully saturated rings. The van der Waals surface area contributed by atoms with Crippen molar-refractivity contribution in [1.82, 2.24) is 0 Å². The first-order chi connectivity index (χ1) is 8.49. The molecule has 0 aliphatic rings. The zero-order valence-electron chi connectivity index (χ0n) is 10.5. The standard InChI is InChI=1S/C15H13BrOS/c1-7-4-10-11-5-8(2)14(17)9(3)15(11)18-13(10)6-12(7)16/h4-6,17H,1-3H3. The molecule has 0 aliphatic heterocycles. The number of aryl methyl sites for hydroxylation is 3. The van der Waals surface area contributed by atoms with Gasteiger partial charge in [-0.3, -0.25) is 0 Å². The lowest BCUT2D eigenvalue weighted by molar-refractivity contribution is 0.468. The number of aromatic hydroxyl groups is 1. The minimum absolute atomic E-state index is 0.421. The Hall–Kier alpha value is -1.06. The van der Waals surface area contributed by atoms with Crippen molar-refractivity contribution < 1.29 is 5.11 Å². The molecule has 0 spiro atoms. The van der Waals surface area contributed by atoms with E-state index in [0.29, 0.717) is 5.75 Å². The van der Waals surface area contributed by atoms with E-state index in [1.54, 1.807) is 11.3 Å². The van der Waals surface area contributed by atoms with E-state index in [1.165, 1.54) is 25.7 Å². The maximum atomic E-state index is 10.0. The molecular weight excluding hydrogens is 308 g/mol. The quantitative estimate of drug-likeness (QED) is 0.584. The van der Waals surface area contributed by atoms with Crippen molar-refractivity contribution in [2.45, 2.75) is 20.8 Å². The number of phenolic OH excluding ortho intramolecular Hbond substituents is 1. The molecule has 3 aromatic rings. The van der Waals surface area contributed by atoms with Crippen LogP contribution in [0.25, 0.3) is 20.2 Å². The Kier molecular flexibility index (Phi) is 2.65. The van der Waals surface area contributed by atoms with Gasteiger partial charge in [0.05, 0.1) is 0 Å². The van der Waals surface area contributed by atoms with E-state index < -0.39 is 0 Å². The molecule has 0 aliphatic carbocycles. The van der Waals surface area contributed by atoms with Gasteiger partial charge in [-0.1, -0.05) is 15.9 Å². The van der Waals surface area contributed by atoms with Gasteiger partial charge in [0.25, 0.3) is 0 Å². The molecule has 92 valence electrons. The Morgan fingerprint density at radius 2 is 1.67 bits per heavy atom. The summed E-state index contributed by atoms with van der Waals surface area (Å²) in [6.07, 6.45) is 0. The summed E-state index contributed by atoms with van der Waals surface area (Å²) in [6, 6.07) is 6.47. The summed E-state index contributed by atoms with van der Waals surface area (Å²) in [5, 5.41) is 12.6. The van der Waals surface area contributed by atoms with E-state index in [-0.39, 0.29) is 0 Å². The summed E-state index contributed by atoms with van der Waals surface area (Å²) >= 11 is 5.32. The van der Waals surface area contributed by atoms with Crippen molar-refractivity contribution >= 4 is 47.4 Å². The van der Waals surface area contributed by atoms with E-state index in [4.69, 9.17) is 0 Å². The van der Waals surface area contributed by atoms with Crippen LogP contribution in [0.4, 0.5) is 0 Å². The van der Waals surface area contributed by atoms with Crippen LogP contribution in [0.3, 0.4) is 0 Å². The molecule has 3 rings (SSSR count). The Labute approximate surface area is 118 Å². The number of hydrogen-bond acceptors (Lipinski definition) is 2. The van der Waals surface area contributed by atoms with Crippen LogP contribution in [-0.2, 0) is 0 Å². The van der Waals surface area contributed by atoms with Crippen LogP contribution in [0.5, 0.6) is 5.75 Å². The molecular formula is C15H13BrOS. The SMILES string of the molecule is Cc1cc2c(cc1Br)sc1c(C)c(O)c(C)cc12. The van der Waals surface area contributed by atoms with Gasteiger partial charge in [-0.05, 0) is 50.1 Å². The molecule has 1 heterocycles. The van der Waals surface area contributed by atoms with Gasteiger partial charge < -0.3 is 5.11 Å². The number of thiophene rings is 1. The van der Waals surface area contributed by atoms with E-state index in [9.17, 15) is 5.11 Å². The second-order valence-electron chi connectivity index (χ2n) is 4.74. The highest BCUT2D eigenvalue weighted by Gasteiger charge is 2.13. The highest BCUT2D eigenvalue weighted by molar-refractivity contribution is 9.10. The van der Waals surface area contributed by atoms with Gasteiger partial charge in [0.15, 0.2) is 0 Å². The van der Waals surface area contributed by atoms with E-state index in [1.807, 2.05) is 13.8 Å². The first-order valence-corrected chi connectivity index (χ1v) is 7.41. The van der Waals surface area contributed by atoms with Crippen LogP contribution in [0, 0.1) is 20.8 Å². The summed E-state index contributed by atoms with van der Waals surface area (Å²) in [5.74, 6) is 0.421. The first-order valence-electron chi connectivity index (χ1n) is 5.80. The molecule has 1 aromatic heterocycles. The predicted octanol–water partition coefficient (Wildman–Crippen LogP) is 5.45. The normalized spacial score (nSPS) is 11.6. The van der Waals surface area contributed by atoms with Crippen molar-refractivity contribution in [2.75, 3.05) is 0 Å². The van der Waals surface area contributed by atoms with Crippen LogP contribution < -0.4 is 0 Å². The monoisotopic (exact) mass is 320 g/mol. The minimum Gasteiger partial charge on any atom is -0.507 e. The van der Waals surface area contributed by atoms with Gasteiger partial charge >= 0.3 is 0 Å². The molecule has 0 saturated heterocycles. The lowest BCUT2D eigenvalue weighted by atomic mass is 10.0. The molecule has 18 heavy (non-hydrogen) atoms. The zero-order valence-corrected chi connectivity index (χ0v) is 12.9. The Balaban J connectivity index is 2.56. The fourth-order valence-corrected chi connectivity index (χ4v) is 4.05. The minimum atomic E-state index is 0.421. The lowest BCUT2D eigenvalue weighted by Gasteiger charge is -2.04. The largest absolute Gasteiger partial charge is 0.507 e. The number of hydrogen-bond donors (Lipinski definition) is 1. The predicted molar refractivity (Wildman–Crippen MR) is 82.9 cm³/mol. The van der Waals surface area contributed by atoms with E-state index in [0.717, 1.165) is 15.6 Å². The van der Waals surface area contributed by atoms with Crippen LogP contribution >= 0.6 is 27.3 Å². The van der Waals surface area contributed by atoms with E-state index >= 15 is 0 Å². The fraction of sp³-hybridized carbons (Fsp3) is 0.200. The third-order valence-corrected chi connectivity index (χ3v) is 5.58. The van der Waals surface area contributed by atoms with Gasteiger partial charge in [0.2, 0.25) is 0 Å². The van der Waals surface area contributed by atoms with Gasteiger partial charge in [-0.2, -0.15) is 0 Å². The Morgan fingerprint density at radius 3 is 2.39 bits per heavy atom. The number of benzene rings is 2. The second kappa shape index (κ2) is 3.97. The van der Waals surface area contributed by atoms with Gasteiger partial charge in [-0.15, -0.1) is 11.3 Å². The first kappa shape index (κ1) is 12.0. The van der Waals surface area contributed by atoms with Crippen LogP contribution in [-0.4, -0.2) is 5.11 Å². The molecule has 1 N–H and O–H groups in total. The number of phenols is 1. The van der Waals surface area contributed by atoms with Crippen molar-refractivity contribution in [3.05, 3.63) is 39.4 Å². The van der Waals surface area contributed by atoms with Crippen molar-refractivity contribution in [1.29, 1.82) is 0 Å². The maximum Gasteiger partial charge on any atom is 0.122 e. The summed E-state index contributed by atoms with van der Waals surface area (Å²) in [5.41, 5.74) is 3.17. The van der Waals surface area contributed by atoms with Crippen LogP contribution in [0.15, 0.2) is 22.7 Å². The molecule has 0 bridgehead atoms. The fourth-order valence-electron chi connectivity index (χ4n) is 2.36. The van der Waals surface area contributed by atoms with Gasteiger partial charge in [0, 0.05) is 30.2 Å². The van der Waals surface area contributed by atoms with E-state index in [2.05, 4.69) is 41.1 Å². The molecule has 0 atom stereocenters. The van der Waals surface area contributed by atoms with Crippen molar-refractivity contribution in [2.24, 2.45) is 0 Å². The molecule has 2 aromatic carbocycles. The second-order valence-corrected chi connectivity index (χ2v) is 6.65. The lowest BCUT2D eigenvalue weighted by Crippen LogP contribution is -1.81. The number of halogens is 1. The molecule has 0 unspecified atom stereocenters. The molecule has 3 heteroatoms. The highest BCUT2D eigenvalue weighted by Crippen LogP contribution is 2.41. The summed E-state index contributed by atoms with van der Waals surface area (Å²) in [4.78, 5) is 0. The molecule has 1 nitrogen and oxygen atoms in total. The number of rotatable bonds is 0. The van der Waals surface area contributed by atoms with Crippen molar-refractivity contribution in [3.8, 4) is 5.75 Å². The topological polar surface area (TPSA) is 20.2 Å². The third kappa shape index (κ3) is 1.57. The van der Waals surface area contributed by atoms with Gasteiger partial charge in [0.1, 0.15) is 5.75 Å². The molecule has 0 amide bonds. The van der Waals surface area contributed by atoms with Crippen LogP contribution in [0.2, 0.25) is 0 Å². The van der Waals surface area contributed by atoms with Gasteiger partial charge in [-0.25, -0.2) is 0 Å². The highest BCUT2D eigenvalue weighted by atomic mass is 79.9. The smallest absolute Gasteiger partial charge is 0.122 e. The molecule has 0 radical (unpaired) electrons. The maximum absolute atomic E-state index is 10.0. The Morgan fingerprint density at radius 1 is 1.00 bits per heavy atom. The zero-order chi connectivity index (χ0) is 13.0. The summed E-state index contributed by atoms with van der Waals surface area (Å²) < 4.78 is 3.58. The average molecular weight is 321 g/mol. The number of fused-ring (bicyclic) bond motifs is 3. The van der Waals surface area contributed by atoms with Crippen molar-refractivity contribution in [3.63, 3.8) is 0 Å². The van der Waals surface area contributed by atoms with Crippen LogP contribution in [0.1, 0.15) is 16.7 Å². The average Bonchev–Trinajstić information content (AvgIpc) is 2.66.